The average Bonchev–Trinajstić information content (AvgIpc) is 3.31. The second-order valence-electron chi connectivity index (χ2n) is 17.2. The smallest absolute Gasteiger partial charge is 0.220 e. The SMILES string of the molecule is CC/C=C\C/C=C\C/C=C\C/C=C\C/C=C\C/C=C\C/C=C\C/C=C\C/C=C\CCCCCCCCCC(=O)NC(CO)C(O)/C=C/CC/C=C/CC/C=C/CCCCCCCCCC. The number of unbranched alkanes of at least 4 members (excludes halogenated alkanes) is 17. The Morgan fingerprint density at radius 2 is 0.692 bits per heavy atom. The highest BCUT2D eigenvalue weighted by molar-refractivity contribution is 5.76. The molecule has 0 aromatic rings. The predicted octanol–water partition coefficient (Wildman–Crippen LogP) is 17.6. The Morgan fingerprint density at radius 3 is 1.08 bits per heavy atom. The fourth-order valence-electron chi connectivity index (χ4n) is 7.02. The molecule has 0 heterocycles. The van der Waals surface area contributed by atoms with E-state index in [1.807, 2.05) is 6.08 Å². The molecule has 0 bridgehead atoms. The number of aliphatic hydroxyl groups excluding tert-OH is 2. The Morgan fingerprint density at radius 1 is 0.385 bits per heavy atom. The first-order valence-electron chi connectivity index (χ1n) is 26.5. The van der Waals surface area contributed by atoms with Crippen LogP contribution in [0.5, 0.6) is 0 Å². The fraction of sp³-hybridized carbons (Fsp3) is 0.590. The normalized spacial score (nSPS) is 14.1. The Bertz CT molecular complexity index is 1380. The van der Waals surface area contributed by atoms with E-state index in [1.54, 1.807) is 6.08 Å². The molecule has 0 aliphatic heterocycles. The minimum Gasteiger partial charge on any atom is -0.394 e. The first-order valence-corrected chi connectivity index (χ1v) is 26.5. The quantitative estimate of drug-likeness (QED) is 0.0421. The van der Waals surface area contributed by atoms with Crippen molar-refractivity contribution in [3.8, 4) is 0 Å². The molecule has 0 aromatic carbocycles. The molecule has 0 aliphatic rings. The van der Waals surface area contributed by atoms with Crippen LogP contribution < -0.4 is 5.32 Å². The van der Waals surface area contributed by atoms with Gasteiger partial charge < -0.3 is 15.5 Å². The van der Waals surface area contributed by atoms with E-state index in [4.69, 9.17) is 0 Å². The molecule has 0 fully saturated rings. The van der Waals surface area contributed by atoms with Crippen molar-refractivity contribution < 1.29 is 15.0 Å². The predicted molar refractivity (Wildman–Crippen MR) is 289 cm³/mol. The molecule has 0 aliphatic carbocycles. The topological polar surface area (TPSA) is 69.6 Å². The summed E-state index contributed by atoms with van der Waals surface area (Å²) in [6, 6.07) is -0.663. The van der Waals surface area contributed by atoms with E-state index in [0.717, 1.165) is 109 Å². The third-order valence-electron chi connectivity index (χ3n) is 11.0. The number of nitrogens with one attached hydrogen (secondary N) is 1. The zero-order chi connectivity index (χ0) is 47.0. The van der Waals surface area contributed by atoms with Crippen LogP contribution in [-0.4, -0.2) is 34.9 Å². The number of carbonyl (C=O) groups excluding carboxylic acids is 1. The molecule has 366 valence electrons. The summed E-state index contributed by atoms with van der Waals surface area (Å²) in [5, 5.41) is 23.1. The van der Waals surface area contributed by atoms with E-state index < -0.39 is 12.1 Å². The van der Waals surface area contributed by atoms with Crippen LogP contribution in [0, 0.1) is 0 Å². The number of amides is 1. The maximum Gasteiger partial charge on any atom is 0.220 e. The summed E-state index contributed by atoms with van der Waals surface area (Å²) in [6.07, 6.45) is 86.9. The van der Waals surface area contributed by atoms with Crippen molar-refractivity contribution in [3.05, 3.63) is 146 Å². The van der Waals surface area contributed by atoms with Crippen molar-refractivity contribution >= 4 is 5.91 Å². The van der Waals surface area contributed by atoms with Crippen LogP contribution in [-0.2, 0) is 4.79 Å². The van der Waals surface area contributed by atoms with Gasteiger partial charge in [-0.1, -0.05) is 237 Å². The van der Waals surface area contributed by atoms with Gasteiger partial charge >= 0.3 is 0 Å². The van der Waals surface area contributed by atoms with Crippen molar-refractivity contribution in [2.75, 3.05) is 6.61 Å². The summed E-state index contributed by atoms with van der Waals surface area (Å²) in [5.41, 5.74) is 0. The number of carbonyl (C=O) groups is 1. The third-order valence-corrected chi connectivity index (χ3v) is 11.0. The van der Waals surface area contributed by atoms with E-state index in [1.165, 1.54) is 83.5 Å². The molecule has 4 heteroatoms. The van der Waals surface area contributed by atoms with Crippen LogP contribution in [0.2, 0.25) is 0 Å². The molecule has 0 saturated heterocycles. The van der Waals surface area contributed by atoms with E-state index in [2.05, 4.69) is 153 Å². The Labute approximate surface area is 402 Å². The summed E-state index contributed by atoms with van der Waals surface area (Å²) in [4.78, 5) is 12.4. The van der Waals surface area contributed by atoms with Gasteiger partial charge in [-0.2, -0.15) is 0 Å². The molecule has 0 saturated carbocycles. The molecule has 4 nitrogen and oxygen atoms in total. The van der Waals surface area contributed by atoms with Crippen LogP contribution in [0.3, 0.4) is 0 Å². The maximum atomic E-state index is 12.4. The largest absolute Gasteiger partial charge is 0.394 e. The lowest BCUT2D eigenvalue weighted by molar-refractivity contribution is -0.123. The van der Waals surface area contributed by atoms with Gasteiger partial charge in [0, 0.05) is 6.42 Å². The lowest BCUT2D eigenvalue weighted by atomic mass is 10.1. The Kier molecular flexibility index (Phi) is 51.5. The summed E-state index contributed by atoms with van der Waals surface area (Å²) in [5.74, 6) is -0.0961. The Hall–Kier alpha value is -3.73. The first kappa shape index (κ1) is 61.3. The third kappa shape index (κ3) is 51.1. The van der Waals surface area contributed by atoms with Gasteiger partial charge in [0.25, 0.3) is 0 Å². The summed E-state index contributed by atoms with van der Waals surface area (Å²) in [6.45, 7) is 4.16. The van der Waals surface area contributed by atoms with Crippen molar-refractivity contribution in [1.29, 1.82) is 0 Å². The van der Waals surface area contributed by atoms with Crippen LogP contribution in [0.25, 0.3) is 0 Å². The standard InChI is InChI=1S/C61H99NO3/c1-3-5-7-9-11-13-15-17-19-21-23-24-25-26-27-28-29-30-31-32-33-34-35-36-37-38-39-41-43-45-47-49-51-53-55-57-61(65)62-59(58-63)60(64)56-54-52-50-48-46-44-42-40-22-20-18-16-14-12-10-8-6-4-2/h5,7,11,13,17,19,22-24,26-27,29-30,32-33,35-36,38-40,46,48,54,56,59-60,63-64H,3-4,6,8-10,12,14-16,18,20-21,25,28,31,34,37,41-45,47,49-53,55,57-58H2,1-2H3,(H,62,65)/b7-5-,13-11-,19-17-,24-23-,27-26-,30-29-,33-32-,36-35-,39-38-,40-22+,48-46+,56-54+. The van der Waals surface area contributed by atoms with Crippen molar-refractivity contribution in [2.24, 2.45) is 0 Å². The van der Waals surface area contributed by atoms with Gasteiger partial charge in [-0.05, 0) is 116 Å². The second-order valence-corrected chi connectivity index (χ2v) is 17.2. The number of allylic oxidation sites excluding steroid dienone is 23. The molecule has 0 rings (SSSR count). The van der Waals surface area contributed by atoms with Crippen LogP contribution in [0.1, 0.15) is 213 Å². The van der Waals surface area contributed by atoms with E-state index in [0.29, 0.717) is 6.42 Å². The van der Waals surface area contributed by atoms with Crippen molar-refractivity contribution in [2.45, 2.75) is 225 Å². The highest BCUT2D eigenvalue weighted by Crippen LogP contribution is 2.12. The van der Waals surface area contributed by atoms with Gasteiger partial charge in [0.2, 0.25) is 5.91 Å². The van der Waals surface area contributed by atoms with Gasteiger partial charge in [0.15, 0.2) is 0 Å². The lowest BCUT2D eigenvalue weighted by Crippen LogP contribution is -2.45. The van der Waals surface area contributed by atoms with Crippen LogP contribution >= 0.6 is 0 Å². The molecular weight excluding hydrogens is 795 g/mol. The van der Waals surface area contributed by atoms with Crippen LogP contribution in [0.4, 0.5) is 0 Å². The molecule has 3 N–H and O–H groups in total. The molecule has 0 spiro atoms. The van der Waals surface area contributed by atoms with Gasteiger partial charge in [0.05, 0.1) is 18.8 Å². The number of aliphatic hydroxyl groups is 2. The minimum absolute atomic E-state index is 0.0961. The number of hydrogen-bond donors (Lipinski definition) is 3. The molecule has 1 amide bonds. The zero-order valence-electron chi connectivity index (χ0n) is 41.9. The molecule has 0 radical (unpaired) electrons. The Balaban J connectivity index is 3.71. The number of rotatable bonds is 46. The highest BCUT2D eigenvalue weighted by atomic mass is 16.3. The average molecular weight is 894 g/mol. The van der Waals surface area contributed by atoms with E-state index in [-0.39, 0.29) is 12.5 Å². The number of hydrogen-bond acceptors (Lipinski definition) is 3. The molecule has 2 unspecified atom stereocenters. The molecule has 0 aromatic heterocycles. The summed E-state index contributed by atoms with van der Waals surface area (Å²) in [7, 11) is 0. The van der Waals surface area contributed by atoms with Gasteiger partial charge in [-0.25, -0.2) is 0 Å². The van der Waals surface area contributed by atoms with E-state index in [9.17, 15) is 15.0 Å². The van der Waals surface area contributed by atoms with Crippen LogP contribution in [0.15, 0.2) is 146 Å². The fourth-order valence-corrected chi connectivity index (χ4v) is 7.02. The van der Waals surface area contributed by atoms with Crippen molar-refractivity contribution in [1.82, 2.24) is 5.32 Å². The van der Waals surface area contributed by atoms with Gasteiger partial charge in [-0.15, -0.1) is 0 Å². The highest BCUT2D eigenvalue weighted by Gasteiger charge is 2.17. The first-order chi connectivity index (χ1) is 32.2. The molecule has 2 atom stereocenters. The summed E-state index contributed by atoms with van der Waals surface area (Å²) >= 11 is 0. The monoisotopic (exact) mass is 894 g/mol. The maximum absolute atomic E-state index is 12.4. The second kappa shape index (κ2) is 54.6. The zero-order valence-corrected chi connectivity index (χ0v) is 41.9. The summed E-state index contributed by atoms with van der Waals surface area (Å²) < 4.78 is 0. The van der Waals surface area contributed by atoms with Crippen molar-refractivity contribution in [3.63, 3.8) is 0 Å². The minimum atomic E-state index is -0.886. The molecular formula is C61H99NO3. The van der Waals surface area contributed by atoms with Gasteiger partial charge in [0.1, 0.15) is 0 Å². The lowest BCUT2D eigenvalue weighted by Gasteiger charge is -2.19. The van der Waals surface area contributed by atoms with Gasteiger partial charge in [-0.3, -0.25) is 4.79 Å². The molecule has 65 heavy (non-hydrogen) atoms. The van der Waals surface area contributed by atoms with E-state index >= 15 is 0 Å².